The first-order valence-corrected chi connectivity index (χ1v) is 12.2. The number of carbonyl (C=O) groups excluding carboxylic acids is 1. The molecular weight excluding hydrogens is 479 g/mol. The van der Waals surface area contributed by atoms with Gasteiger partial charge in [0.05, 0.1) is 10.8 Å². The molecule has 0 spiro atoms. The fourth-order valence-corrected chi connectivity index (χ4v) is 4.73. The van der Waals surface area contributed by atoms with E-state index in [4.69, 9.17) is 27.9 Å². The largest absolute Gasteiger partial charge is 0.481 e. The predicted octanol–water partition coefficient (Wildman–Crippen LogP) is 6.63. The minimum atomic E-state index is -0.394. The first-order chi connectivity index (χ1) is 16.0. The van der Waals surface area contributed by atoms with E-state index in [9.17, 15) is 4.79 Å². The molecule has 0 aliphatic carbocycles. The van der Waals surface area contributed by atoms with E-state index in [1.165, 1.54) is 11.8 Å². The number of fused-ring (bicyclic) bond motifs is 1. The molecule has 4 aromatic rings. The maximum Gasteiger partial charge on any atom is 0.234 e. The van der Waals surface area contributed by atoms with Crippen LogP contribution < -0.4 is 10.1 Å². The lowest BCUT2D eigenvalue weighted by Gasteiger charge is -2.16. The second-order valence-corrected chi connectivity index (χ2v) is 9.07. The highest BCUT2D eigenvalue weighted by Crippen LogP contribution is 2.32. The third kappa shape index (κ3) is 5.43. The van der Waals surface area contributed by atoms with Crippen molar-refractivity contribution in [3.05, 3.63) is 76.5 Å². The predicted molar refractivity (Wildman–Crippen MR) is 135 cm³/mol. The molecule has 0 radical (unpaired) electrons. The van der Waals surface area contributed by atoms with E-state index in [1.54, 1.807) is 18.2 Å². The van der Waals surface area contributed by atoms with Gasteiger partial charge in [-0.2, -0.15) is 0 Å². The van der Waals surface area contributed by atoms with Gasteiger partial charge in [0.25, 0.3) is 0 Å². The highest BCUT2D eigenvalue weighted by Gasteiger charge is 2.20. The van der Waals surface area contributed by atoms with Crippen LogP contribution in [0.4, 0.5) is 5.69 Å². The van der Waals surface area contributed by atoms with Gasteiger partial charge in [-0.25, -0.2) is 0 Å². The van der Waals surface area contributed by atoms with Crippen LogP contribution in [0.2, 0.25) is 10.0 Å². The summed E-state index contributed by atoms with van der Waals surface area (Å²) in [4.78, 5) is 12.6. The van der Waals surface area contributed by atoms with Gasteiger partial charge < -0.3 is 14.6 Å². The molecule has 1 unspecified atom stereocenters. The van der Waals surface area contributed by atoms with Crippen molar-refractivity contribution in [2.45, 2.75) is 31.7 Å². The van der Waals surface area contributed by atoms with Gasteiger partial charge in [0.1, 0.15) is 5.75 Å². The number of aromatic nitrogens is 3. The average molecular weight is 501 g/mol. The number of thioether (sulfide) groups is 1. The van der Waals surface area contributed by atoms with Gasteiger partial charge in [-0.05, 0) is 43.5 Å². The molecule has 0 aliphatic heterocycles. The quantitative estimate of drug-likeness (QED) is 0.275. The van der Waals surface area contributed by atoms with E-state index in [1.807, 2.05) is 60.9 Å². The van der Waals surface area contributed by atoms with Gasteiger partial charge >= 0.3 is 0 Å². The molecule has 1 N–H and O–H groups in total. The lowest BCUT2D eigenvalue weighted by molar-refractivity contribution is -0.113. The molecular formula is C24H22Cl2N4O2S. The van der Waals surface area contributed by atoms with Crippen LogP contribution in [0, 0.1) is 0 Å². The summed E-state index contributed by atoms with van der Waals surface area (Å²) < 4.78 is 7.92. The summed E-state index contributed by atoms with van der Waals surface area (Å²) in [6.45, 7) is 4.51. The van der Waals surface area contributed by atoms with Crippen LogP contribution in [-0.4, -0.2) is 26.4 Å². The Kier molecular flexibility index (Phi) is 7.42. The molecule has 1 atom stereocenters. The van der Waals surface area contributed by atoms with Crippen LogP contribution in [0.3, 0.4) is 0 Å². The molecule has 9 heteroatoms. The molecule has 170 valence electrons. The Hall–Kier alpha value is -2.74. The first-order valence-electron chi connectivity index (χ1n) is 10.4. The monoisotopic (exact) mass is 500 g/mol. The van der Waals surface area contributed by atoms with Crippen LogP contribution in [-0.2, 0) is 11.3 Å². The van der Waals surface area contributed by atoms with E-state index < -0.39 is 6.10 Å². The second kappa shape index (κ2) is 10.5. The molecule has 0 bridgehead atoms. The molecule has 1 aromatic heterocycles. The van der Waals surface area contributed by atoms with Crippen molar-refractivity contribution < 1.29 is 9.53 Å². The van der Waals surface area contributed by atoms with E-state index >= 15 is 0 Å². The number of benzene rings is 3. The molecule has 1 amide bonds. The van der Waals surface area contributed by atoms with Gasteiger partial charge in [-0.15, -0.1) is 10.2 Å². The molecule has 0 fully saturated rings. The van der Waals surface area contributed by atoms with Gasteiger partial charge in [0.2, 0.25) is 5.91 Å². The second-order valence-electron chi connectivity index (χ2n) is 7.28. The molecule has 0 saturated heterocycles. The van der Waals surface area contributed by atoms with Gasteiger partial charge in [0.15, 0.2) is 17.1 Å². The molecule has 0 aliphatic rings. The van der Waals surface area contributed by atoms with Gasteiger partial charge in [-0.1, -0.05) is 71.4 Å². The summed E-state index contributed by atoms with van der Waals surface area (Å²) in [5.41, 5.74) is 0.790. The lowest BCUT2D eigenvalue weighted by atomic mass is 10.1. The summed E-state index contributed by atoms with van der Waals surface area (Å²) in [6.07, 6.45) is -0.394. The normalized spacial score (nSPS) is 12.0. The maximum absolute atomic E-state index is 12.6. The van der Waals surface area contributed by atoms with E-state index in [0.717, 1.165) is 16.5 Å². The van der Waals surface area contributed by atoms with E-state index in [2.05, 4.69) is 15.5 Å². The molecule has 3 aromatic carbocycles. The third-order valence-corrected chi connectivity index (χ3v) is 6.52. The lowest BCUT2D eigenvalue weighted by Crippen LogP contribution is -2.15. The first kappa shape index (κ1) is 23.4. The highest BCUT2D eigenvalue weighted by molar-refractivity contribution is 7.99. The van der Waals surface area contributed by atoms with Crippen molar-refractivity contribution in [1.29, 1.82) is 0 Å². The number of hydrogen-bond donors (Lipinski definition) is 1. The van der Waals surface area contributed by atoms with E-state index in [-0.39, 0.29) is 11.7 Å². The van der Waals surface area contributed by atoms with Crippen LogP contribution in [0.15, 0.2) is 65.8 Å². The smallest absolute Gasteiger partial charge is 0.234 e. The van der Waals surface area contributed by atoms with Crippen LogP contribution in [0.1, 0.15) is 25.8 Å². The summed E-state index contributed by atoms with van der Waals surface area (Å²) in [7, 11) is 0. The number of anilines is 1. The summed E-state index contributed by atoms with van der Waals surface area (Å²) in [5, 5.41) is 15.3. The number of amides is 1. The Balaban J connectivity index is 1.43. The zero-order chi connectivity index (χ0) is 23.4. The fraction of sp³-hybridized carbons (Fsp3) is 0.208. The van der Waals surface area contributed by atoms with Crippen molar-refractivity contribution >= 4 is 57.3 Å². The zero-order valence-electron chi connectivity index (χ0n) is 18.1. The van der Waals surface area contributed by atoms with Gasteiger partial charge in [0, 0.05) is 22.6 Å². The maximum atomic E-state index is 12.6. The number of hydrogen-bond acceptors (Lipinski definition) is 5. The SMILES string of the molecule is CCn1c(SCC(=O)Nc2cccc3ccccc23)nnc1C(C)Oc1ccc(Cl)cc1Cl. The molecule has 33 heavy (non-hydrogen) atoms. The Bertz CT molecular complexity index is 1290. The number of halogens is 2. The number of carbonyl (C=O) groups is 1. The minimum Gasteiger partial charge on any atom is -0.481 e. The molecule has 0 saturated carbocycles. The van der Waals surface area contributed by atoms with Crippen molar-refractivity contribution in [3.63, 3.8) is 0 Å². The summed E-state index contributed by atoms with van der Waals surface area (Å²) >= 11 is 13.5. The topological polar surface area (TPSA) is 69.0 Å². The van der Waals surface area contributed by atoms with Crippen molar-refractivity contribution in [1.82, 2.24) is 14.8 Å². The number of nitrogens with one attached hydrogen (secondary N) is 1. The molecule has 1 heterocycles. The van der Waals surface area contributed by atoms with E-state index in [0.29, 0.717) is 33.3 Å². The Morgan fingerprint density at radius 1 is 1.12 bits per heavy atom. The molecule has 6 nitrogen and oxygen atoms in total. The van der Waals surface area contributed by atoms with Crippen LogP contribution >= 0.6 is 35.0 Å². The average Bonchev–Trinajstić information content (AvgIpc) is 3.23. The third-order valence-electron chi connectivity index (χ3n) is 5.02. The summed E-state index contributed by atoms with van der Waals surface area (Å²) in [6, 6.07) is 18.9. The minimum absolute atomic E-state index is 0.110. The number of ether oxygens (including phenoxy) is 1. The van der Waals surface area contributed by atoms with Crippen LogP contribution in [0.25, 0.3) is 10.8 Å². The molecule has 4 rings (SSSR count). The van der Waals surface area contributed by atoms with Crippen molar-refractivity contribution in [2.75, 3.05) is 11.1 Å². The Morgan fingerprint density at radius 2 is 1.91 bits per heavy atom. The number of nitrogens with zero attached hydrogens (tertiary/aromatic N) is 3. The van der Waals surface area contributed by atoms with Crippen molar-refractivity contribution in [2.24, 2.45) is 0 Å². The van der Waals surface area contributed by atoms with Crippen LogP contribution in [0.5, 0.6) is 5.75 Å². The fourth-order valence-electron chi connectivity index (χ4n) is 3.47. The van der Waals surface area contributed by atoms with Crippen molar-refractivity contribution in [3.8, 4) is 5.75 Å². The standard InChI is InChI=1S/C24H22Cl2N4O2S/c1-3-30-23(15(2)32-21-12-11-17(25)13-19(21)26)28-29-24(30)33-14-22(31)27-20-10-6-8-16-7-4-5-9-18(16)20/h4-13,15H,3,14H2,1-2H3,(H,27,31). The number of rotatable bonds is 8. The Labute approximate surface area is 206 Å². The van der Waals surface area contributed by atoms with Gasteiger partial charge in [-0.3, -0.25) is 4.79 Å². The Morgan fingerprint density at radius 3 is 2.70 bits per heavy atom. The zero-order valence-corrected chi connectivity index (χ0v) is 20.4. The highest BCUT2D eigenvalue weighted by atomic mass is 35.5. The summed E-state index contributed by atoms with van der Waals surface area (Å²) in [5.74, 6) is 1.27.